The van der Waals surface area contributed by atoms with Crippen molar-refractivity contribution >= 4 is 22.6 Å². The molecular formula is C18H19N3O3. The first-order valence-corrected chi connectivity index (χ1v) is 8.07. The van der Waals surface area contributed by atoms with Gasteiger partial charge in [-0.15, -0.1) is 0 Å². The van der Waals surface area contributed by atoms with Crippen LogP contribution in [0.25, 0.3) is 10.9 Å². The van der Waals surface area contributed by atoms with Crippen LogP contribution in [0.4, 0.5) is 5.69 Å². The second-order valence-corrected chi connectivity index (χ2v) is 5.84. The zero-order valence-electron chi connectivity index (χ0n) is 13.5. The lowest BCUT2D eigenvalue weighted by atomic mass is 9.95. The molecule has 3 rings (SSSR count). The minimum atomic E-state index is -0.742. The molecule has 24 heavy (non-hydrogen) atoms. The Morgan fingerprint density at radius 2 is 2.21 bits per heavy atom. The summed E-state index contributed by atoms with van der Waals surface area (Å²) in [4.78, 5) is 17.6. The lowest BCUT2D eigenvalue weighted by molar-refractivity contribution is -0.142. The number of carbonyl (C=O) groups is 1. The quantitative estimate of drug-likeness (QED) is 0.930. The van der Waals surface area contributed by atoms with Gasteiger partial charge < -0.3 is 14.7 Å². The van der Waals surface area contributed by atoms with Gasteiger partial charge in [0.1, 0.15) is 11.8 Å². The van der Waals surface area contributed by atoms with E-state index in [9.17, 15) is 10.1 Å². The van der Waals surface area contributed by atoms with Gasteiger partial charge in [0.15, 0.2) is 0 Å². The molecule has 6 nitrogen and oxygen atoms in total. The van der Waals surface area contributed by atoms with E-state index in [0.717, 1.165) is 22.3 Å². The third kappa shape index (κ3) is 2.98. The number of nitriles is 1. The summed E-state index contributed by atoms with van der Waals surface area (Å²) >= 11 is 0. The van der Waals surface area contributed by atoms with Crippen LogP contribution >= 0.6 is 0 Å². The number of hydrogen-bond acceptors (Lipinski definition) is 5. The average Bonchev–Trinajstić information content (AvgIpc) is 2.61. The molecule has 0 spiro atoms. The van der Waals surface area contributed by atoms with E-state index in [1.165, 1.54) is 0 Å². The van der Waals surface area contributed by atoms with Gasteiger partial charge >= 0.3 is 5.97 Å². The molecule has 0 unspecified atom stereocenters. The van der Waals surface area contributed by atoms with E-state index >= 15 is 0 Å². The molecule has 1 aliphatic heterocycles. The Labute approximate surface area is 140 Å². The van der Waals surface area contributed by atoms with Crippen LogP contribution in [-0.2, 0) is 4.79 Å². The molecule has 0 amide bonds. The Kier molecular flexibility index (Phi) is 4.52. The minimum absolute atomic E-state index is 0.307. The molecule has 1 aromatic carbocycles. The molecule has 6 heteroatoms. The minimum Gasteiger partial charge on any atom is -0.494 e. The predicted octanol–water partition coefficient (Wildman–Crippen LogP) is 2.81. The van der Waals surface area contributed by atoms with E-state index in [1.54, 1.807) is 6.20 Å². The van der Waals surface area contributed by atoms with Crippen molar-refractivity contribution in [2.75, 3.05) is 24.6 Å². The molecule has 1 fully saturated rings. The number of aromatic nitrogens is 1. The molecule has 0 radical (unpaired) electrons. The van der Waals surface area contributed by atoms with Crippen molar-refractivity contribution in [3.63, 3.8) is 0 Å². The first-order chi connectivity index (χ1) is 11.6. The van der Waals surface area contributed by atoms with Crippen LogP contribution in [0.5, 0.6) is 5.75 Å². The van der Waals surface area contributed by atoms with Crippen LogP contribution in [-0.4, -0.2) is 35.8 Å². The molecular weight excluding hydrogens is 306 g/mol. The van der Waals surface area contributed by atoms with Crippen molar-refractivity contribution in [3.8, 4) is 11.8 Å². The number of aliphatic carboxylic acids is 1. The van der Waals surface area contributed by atoms with E-state index in [0.29, 0.717) is 38.1 Å². The zero-order valence-corrected chi connectivity index (χ0v) is 13.5. The summed E-state index contributed by atoms with van der Waals surface area (Å²) in [5.74, 6) is -0.309. The van der Waals surface area contributed by atoms with Crippen LogP contribution < -0.4 is 9.64 Å². The number of hydrogen-bond donors (Lipinski definition) is 1. The standard InChI is InChI=1S/C18H19N3O3/c1-2-24-14-3-4-16-15(9-14)17(13(10-19)11-20-16)21-7-5-12(6-8-21)18(22)23/h3-4,9,11-12H,2,5-8H2,1H3,(H,22,23). The number of ether oxygens (including phenoxy) is 1. The van der Waals surface area contributed by atoms with Gasteiger partial charge in [0.25, 0.3) is 0 Å². The van der Waals surface area contributed by atoms with Gasteiger partial charge in [-0.3, -0.25) is 9.78 Å². The SMILES string of the molecule is CCOc1ccc2ncc(C#N)c(N3CCC(C(=O)O)CC3)c2c1. The topological polar surface area (TPSA) is 86.5 Å². The van der Waals surface area contributed by atoms with Gasteiger partial charge in [-0.1, -0.05) is 0 Å². The Balaban J connectivity index is 2.03. The van der Waals surface area contributed by atoms with Gasteiger partial charge in [0.05, 0.1) is 29.3 Å². The summed E-state index contributed by atoms with van der Waals surface area (Å²) in [5.41, 5.74) is 2.13. The first-order valence-electron chi connectivity index (χ1n) is 8.07. The first kappa shape index (κ1) is 16.1. The Bertz CT molecular complexity index is 805. The molecule has 1 saturated heterocycles. The molecule has 1 aromatic heterocycles. The number of pyridine rings is 1. The second-order valence-electron chi connectivity index (χ2n) is 5.84. The Morgan fingerprint density at radius 3 is 2.83 bits per heavy atom. The number of carboxylic acids is 1. The second kappa shape index (κ2) is 6.75. The van der Waals surface area contributed by atoms with Gasteiger partial charge in [-0.05, 0) is 38.0 Å². The number of nitrogens with zero attached hydrogens (tertiary/aromatic N) is 3. The maximum atomic E-state index is 11.2. The summed E-state index contributed by atoms with van der Waals surface area (Å²) in [6.45, 7) is 3.72. The van der Waals surface area contributed by atoms with Crippen LogP contribution in [0.2, 0.25) is 0 Å². The maximum absolute atomic E-state index is 11.2. The number of fused-ring (bicyclic) bond motifs is 1. The Hall–Kier alpha value is -2.81. The van der Waals surface area contributed by atoms with E-state index < -0.39 is 5.97 Å². The normalized spacial score (nSPS) is 15.2. The summed E-state index contributed by atoms with van der Waals surface area (Å²) in [7, 11) is 0. The maximum Gasteiger partial charge on any atom is 0.306 e. The molecule has 0 atom stereocenters. The lowest BCUT2D eigenvalue weighted by Crippen LogP contribution is -2.36. The Morgan fingerprint density at radius 1 is 1.46 bits per heavy atom. The highest BCUT2D eigenvalue weighted by Gasteiger charge is 2.27. The lowest BCUT2D eigenvalue weighted by Gasteiger charge is -2.33. The predicted molar refractivity (Wildman–Crippen MR) is 90.2 cm³/mol. The zero-order chi connectivity index (χ0) is 17.1. The highest BCUT2D eigenvalue weighted by Crippen LogP contribution is 2.34. The monoisotopic (exact) mass is 325 g/mol. The van der Waals surface area contributed by atoms with E-state index in [2.05, 4.69) is 16.0 Å². The fraction of sp³-hybridized carbons (Fsp3) is 0.389. The largest absolute Gasteiger partial charge is 0.494 e. The average molecular weight is 325 g/mol. The summed E-state index contributed by atoms with van der Waals surface area (Å²) in [6.07, 6.45) is 2.74. The van der Waals surface area contributed by atoms with Crippen LogP contribution in [0.15, 0.2) is 24.4 Å². The van der Waals surface area contributed by atoms with Crippen molar-refractivity contribution in [1.82, 2.24) is 4.98 Å². The summed E-state index contributed by atoms with van der Waals surface area (Å²) in [5, 5.41) is 19.5. The summed E-state index contributed by atoms with van der Waals surface area (Å²) < 4.78 is 5.57. The van der Waals surface area contributed by atoms with Crippen molar-refractivity contribution in [3.05, 3.63) is 30.0 Å². The van der Waals surface area contributed by atoms with Gasteiger partial charge in [-0.2, -0.15) is 5.26 Å². The summed E-state index contributed by atoms with van der Waals surface area (Å²) in [6, 6.07) is 7.87. The van der Waals surface area contributed by atoms with Gasteiger partial charge in [-0.25, -0.2) is 0 Å². The number of benzene rings is 1. The molecule has 2 heterocycles. The number of piperidine rings is 1. The third-order valence-corrected chi connectivity index (χ3v) is 4.40. The molecule has 0 bridgehead atoms. The highest BCUT2D eigenvalue weighted by atomic mass is 16.5. The molecule has 0 saturated carbocycles. The van der Waals surface area contributed by atoms with Gasteiger partial charge in [0.2, 0.25) is 0 Å². The van der Waals surface area contributed by atoms with Crippen LogP contribution in [0.1, 0.15) is 25.3 Å². The number of rotatable bonds is 4. The number of anilines is 1. The third-order valence-electron chi connectivity index (χ3n) is 4.40. The molecule has 1 N–H and O–H groups in total. The van der Waals surface area contributed by atoms with Crippen molar-refractivity contribution in [2.24, 2.45) is 5.92 Å². The van der Waals surface area contributed by atoms with Gasteiger partial charge in [0, 0.05) is 24.7 Å². The van der Waals surface area contributed by atoms with E-state index in [1.807, 2.05) is 25.1 Å². The molecule has 1 aliphatic rings. The van der Waals surface area contributed by atoms with E-state index in [4.69, 9.17) is 9.84 Å². The van der Waals surface area contributed by atoms with Crippen molar-refractivity contribution in [1.29, 1.82) is 5.26 Å². The van der Waals surface area contributed by atoms with E-state index in [-0.39, 0.29) is 5.92 Å². The smallest absolute Gasteiger partial charge is 0.306 e. The van der Waals surface area contributed by atoms with Crippen LogP contribution in [0.3, 0.4) is 0 Å². The molecule has 2 aromatic rings. The highest BCUT2D eigenvalue weighted by molar-refractivity contribution is 5.95. The van der Waals surface area contributed by atoms with Crippen molar-refractivity contribution in [2.45, 2.75) is 19.8 Å². The molecule has 124 valence electrons. The molecule has 0 aliphatic carbocycles. The van der Waals surface area contributed by atoms with Crippen molar-refractivity contribution < 1.29 is 14.6 Å². The fourth-order valence-electron chi connectivity index (χ4n) is 3.19. The number of carboxylic acid groups (broad SMARTS) is 1. The van der Waals surface area contributed by atoms with Crippen LogP contribution in [0, 0.1) is 17.2 Å². The fourth-order valence-corrected chi connectivity index (χ4v) is 3.19.